The number of carboxylic acid groups (broad SMARTS) is 3. The summed E-state index contributed by atoms with van der Waals surface area (Å²) in [5, 5.41) is 285. The van der Waals surface area contributed by atoms with Gasteiger partial charge in [0, 0.05) is 47.0 Å². The van der Waals surface area contributed by atoms with Crippen LogP contribution < -0.4 is 21.3 Å². The Balaban J connectivity index is 1.31. The minimum absolute atomic E-state index is 0.809. The number of rotatable bonds is 32. The maximum Gasteiger partial charge on any atom is 0.364 e. The molecule has 0 spiro atoms. The summed E-state index contributed by atoms with van der Waals surface area (Å²) in [5.74, 6) is -21.5. The average Bonchev–Trinajstić information content (AvgIpc) is 0.750. The molecule has 4 amide bonds. The Hall–Kier alpha value is -5.11. The van der Waals surface area contributed by atoms with Crippen molar-refractivity contribution in [2.75, 3.05) is 46.2 Å². The van der Waals surface area contributed by atoms with Gasteiger partial charge in [0.1, 0.15) is 153 Å². The highest BCUT2D eigenvalue weighted by Gasteiger charge is 2.66. The molecule has 7 saturated heterocycles. The summed E-state index contributed by atoms with van der Waals surface area (Å²) in [6, 6.07) is -8.01. The number of nitrogens with one attached hydrogen (secondary N) is 4. The van der Waals surface area contributed by atoms with E-state index in [9.17, 15) is 161 Å². The van der Waals surface area contributed by atoms with E-state index in [-0.39, 0.29) is 0 Å². The average molecular weight is 1580 g/mol. The van der Waals surface area contributed by atoms with E-state index in [2.05, 4.69) is 21.3 Å². The van der Waals surface area contributed by atoms with E-state index in [1.807, 2.05) is 0 Å². The fraction of sp³-hybridized carbons (Fsp3) is 0.881. The SMILES string of the molecule is CC(=O)NC1[C@H](O[C@H]2C(CO)O[C@@H](O[C@H]3C(CO)O[C@@H](O)C(O)[C@H]3O)C(O)[C@H]2O[C@]2(C(=O)O)C[C@H](O)[C@@H](NC(C)=O)C(C(O)C(CO)O[C@]3(C(=O)O)C[C@H](O)[C@H](NC(C)=O)C(C(O)C(O)CO)O3)O2)OC(CO)[C@H](O)[C@@H]1O[C@@H]1OC(CO)[C@H](O)[C@H](O[C@]2(C(=O)O)C[C@H](O)[C@H](NC(C)=O)C(C(O)C(O)CO)O2)C1O. The second-order valence-electron chi connectivity index (χ2n) is 26.8. The van der Waals surface area contributed by atoms with Crippen molar-refractivity contribution >= 4 is 41.5 Å². The van der Waals surface area contributed by atoms with Crippen LogP contribution in [0.3, 0.4) is 0 Å². The van der Waals surface area contributed by atoms with Gasteiger partial charge in [0.25, 0.3) is 17.4 Å². The number of aliphatic hydroxyl groups is 22. The molecule has 0 saturated carbocycles. The summed E-state index contributed by atoms with van der Waals surface area (Å²) in [6.07, 6.45) is -77.8. The molecule has 29 N–H and O–H groups in total. The number of carbonyl (C=O) groups excluding carboxylic acids is 4. The monoisotopic (exact) mass is 1580 g/mol. The molecule has 7 heterocycles. The number of amides is 4. The van der Waals surface area contributed by atoms with Gasteiger partial charge in [-0.25, -0.2) is 14.4 Å². The zero-order valence-corrected chi connectivity index (χ0v) is 57.6. The van der Waals surface area contributed by atoms with E-state index < -0.39 is 339 Å². The van der Waals surface area contributed by atoms with Crippen molar-refractivity contribution in [3.63, 3.8) is 0 Å². The van der Waals surface area contributed by atoms with E-state index in [4.69, 9.17) is 61.6 Å². The Kier molecular flexibility index (Phi) is 31.4. The van der Waals surface area contributed by atoms with Gasteiger partial charge >= 0.3 is 17.9 Å². The molecule has 108 heavy (non-hydrogen) atoms. The maximum absolute atomic E-state index is 14.2. The van der Waals surface area contributed by atoms with Crippen LogP contribution in [-0.2, 0) is 95.1 Å². The van der Waals surface area contributed by atoms with E-state index >= 15 is 0 Å². The highest BCUT2D eigenvalue weighted by Crippen LogP contribution is 2.44. The van der Waals surface area contributed by atoms with Crippen molar-refractivity contribution < 1.29 is 223 Å². The van der Waals surface area contributed by atoms with Crippen LogP contribution in [0.4, 0.5) is 0 Å². The van der Waals surface area contributed by atoms with Crippen molar-refractivity contribution in [1.82, 2.24) is 21.3 Å². The molecule has 0 aromatic heterocycles. The first-order chi connectivity index (χ1) is 50.6. The topological polar surface area (TPSA) is 793 Å². The van der Waals surface area contributed by atoms with Crippen LogP contribution in [0, 0.1) is 0 Å². The summed E-state index contributed by atoms with van der Waals surface area (Å²) in [4.78, 5) is 91.6. The first kappa shape index (κ1) is 90.1. The molecule has 0 bridgehead atoms. The Morgan fingerprint density at radius 3 is 1.13 bits per heavy atom. The molecular formula is C59H96N4O45. The molecule has 7 rings (SSSR count). The molecule has 0 aliphatic carbocycles. The standard InChI is InChI=1S/C59H96N4O45/c1-15(71)60-29-19(75)5-57(54(90)91,104-45(29)33(80)22(78)8-64)103-26(12-68)37(84)47-31(62-17(3)73)21(77)7-59(106-47,56(94)95)108-49-41(88)53(100-42-27(13-69)96-50(89)39(86)38(42)85)99-28(14-70)43(49)101-51-32(63-18(4)74)44(35(82)24(10-66)97-51)102-52-40(87)48(36(83)25(11-67)98-52)107-58(55(92)93)6-20(76)30(61-16(2)72)46(105-58)34(81)23(79)9-65/h19-53,64-70,75-89H,5-14H2,1-4H3,(H,60,71)(H,61,72)(H,62,73)(H,63,74)(H,90,91)(H,92,93)(H,94,95)/t19-,20-,21-,22?,23?,24?,25?,26?,27?,28?,29-,30-,31+,32?,33?,34?,35-,36-,37?,38+,39?,40?,41?,42-,43-,44+,45?,46?,47?,48-,49+,50+,51-,52-,53-,57+,58-,59-/m0/s1. The predicted octanol–water partition coefficient (Wildman–Crippen LogP) is -18.1. The lowest BCUT2D eigenvalue weighted by atomic mass is 9.87. The normalized spacial score (nSPS) is 43.4. The lowest BCUT2D eigenvalue weighted by Gasteiger charge is -2.53. The van der Waals surface area contributed by atoms with E-state index in [1.54, 1.807) is 0 Å². The van der Waals surface area contributed by atoms with Gasteiger partial charge in [0.15, 0.2) is 25.2 Å². The minimum atomic E-state index is -3.75. The number of carbonyl (C=O) groups is 7. The molecule has 7 fully saturated rings. The third-order valence-electron chi connectivity index (χ3n) is 19.1. The van der Waals surface area contributed by atoms with Crippen LogP contribution in [0.5, 0.6) is 0 Å². The smallest absolute Gasteiger partial charge is 0.364 e. The number of carboxylic acids is 3. The van der Waals surface area contributed by atoms with Crippen LogP contribution >= 0.6 is 0 Å². The van der Waals surface area contributed by atoms with Crippen LogP contribution in [0.25, 0.3) is 0 Å². The molecule has 0 radical (unpaired) electrons. The molecule has 7 aliphatic heterocycles. The zero-order chi connectivity index (χ0) is 80.8. The number of aliphatic carboxylic acids is 3. The second kappa shape index (κ2) is 37.7. The first-order valence-electron chi connectivity index (χ1n) is 33.5. The summed E-state index contributed by atoms with van der Waals surface area (Å²) in [6.45, 7) is -5.89. The molecule has 622 valence electrons. The third-order valence-corrected chi connectivity index (χ3v) is 19.1. The van der Waals surface area contributed by atoms with Gasteiger partial charge < -0.3 is 211 Å². The van der Waals surface area contributed by atoms with E-state index in [0.29, 0.717) is 0 Å². The van der Waals surface area contributed by atoms with Gasteiger partial charge in [0.05, 0.1) is 82.7 Å². The third kappa shape index (κ3) is 19.4. The molecular weight excluding hydrogens is 1480 g/mol. The highest BCUT2D eigenvalue weighted by molar-refractivity contribution is 5.78. The van der Waals surface area contributed by atoms with E-state index in [1.165, 1.54) is 0 Å². The van der Waals surface area contributed by atoms with Gasteiger partial charge in [0.2, 0.25) is 23.6 Å². The van der Waals surface area contributed by atoms with Gasteiger partial charge in [-0.2, -0.15) is 0 Å². The summed E-state index contributed by atoms with van der Waals surface area (Å²) in [7, 11) is 0. The van der Waals surface area contributed by atoms with Crippen molar-refractivity contribution in [1.29, 1.82) is 0 Å². The van der Waals surface area contributed by atoms with Gasteiger partial charge in [-0.3, -0.25) is 19.2 Å². The summed E-state index contributed by atoms with van der Waals surface area (Å²) < 4.78 is 75.7. The van der Waals surface area contributed by atoms with Crippen LogP contribution in [-0.4, -0.2) is 447 Å². The van der Waals surface area contributed by atoms with Crippen LogP contribution in [0.2, 0.25) is 0 Å². The second-order valence-corrected chi connectivity index (χ2v) is 26.8. The molecule has 0 aromatic carbocycles. The predicted molar refractivity (Wildman–Crippen MR) is 330 cm³/mol. The van der Waals surface area contributed by atoms with Crippen LogP contribution in [0.15, 0.2) is 0 Å². The van der Waals surface area contributed by atoms with Crippen LogP contribution in [0.1, 0.15) is 47.0 Å². The summed E-state index contributed by atoms with van der Waals surface area (Å²) in [5.41, 5.74) is 0. The lowest BCUT2D eigenvalue weighted by Crippen LogP contribution is -2.73. The maximum atomic E-state index is 14.2. The molecule has 38 atom stereocenters. The van der Waals surface area contributed by atoms with Gasteiger partial charge in [-0.15, -0.1) is 0 Å². The Morgan fingerprint density at radius 2 is 0.722 bits per heavy atom. The highest BCUT2D eigenvalue weighted by atomic mass is 16.8. The molecule has 49 nitrogen and oxygen atoms in total. The Morgan fingerprint density at radius 1 is 0.380 bits per heavy atom. The Labute approximate surface area is 609 Å². The lowest BCUT2D eigenvalue weighted by molar-refractivity contribution is -0.405. The van der Waals surface area contributed by atoms with Crippen molar-refractivity contribution in [3.05, 3.63) is 0 Å². The summed E-state index contributed by atoms with van der Waals surface area (Å²) >= 11 is 0. The number of ether oxygens (including phenoxy) is 13. The number of hydrogen-bond donors (Lipinski definition) is 29. The fourth-order valence-corrected chi connectivity index (χ4v) is 13.7. The number of aliphatic hydroxyl groups excluding tert-OH is 22. The van der Waals surface area contributed by atoms with Crippen molar-refractivity contribution in [3.8, 4) is 0 Å². The molecule has 17 unspecified atom stereocenters. The quantitative estimate of drug-likeness (QED) is 0.0297. The van der Waals surface area contributed by atoms with Gasteiger partial charge in [-0.05, 0) is 0 Å². The van der Waals surface area contributed by atoms with E-state index in [0.717, 1.165) is 27.7 Å². The number of hydrogen-bond acceptors (Lipinski definition) is 42. The zero-order valence-electron chi connectivity index (χ0n) is 57.6. The fourth-order valence-electron chi connectivity index (χ4n) is 13.7. The molecule has 49 heteroatoms. The largest absolute Gasteiger partial charge is 0.477 e. The minimum Gasteiger partial charge on any atom is -0.477 e. The van der Waals surface area contributed by atoms with Gasteiger partial charge in [-0.1, -0.05) is 0 Å². The first-order valence-corrected chi connectivity index (χ1v) is 33.5. The Bertz CT molecular complexity index is 3010. The van der Waals surface area contributed by atoms with Crippen molar-refractivity contribution in [2.45, 2.75) is 278 Å². The van der Waals surface area contributed by atoms with Crippen molar-refractivity contribution in [2.24, 2.45) is 0 Å². The molecule has 7 aliphatic rings. The molecule has 0 aromatic rings.